The van der Waals surface area contributed by atoms with Gasteiger partial charge >= 0.3 is 6.18 Å². The lowest BCUT2D eigenvalue weighted by molar-refractivity contribution is -0.186. The fourth-order valence-corrected chi connectivity index (χ4v) is 3.65. The van der Waals surface area contributed by atoms with Gasteiger partial charge in [-0.2, -0.15) is 13.2 Å². The quantitative estimate of drug-likeness (QED) is 0.848. The average molecular weight is 383 g/mol. The van der Waals surface area contributed by atoms with Crippen molar-refractivity contribution in [1.82, 2.24) is 4.90 Å². The predicted molar refractivity (Wildman–Crippen MR) is 96.5 cm³/mol. The van der Waals surface area contributed by atoms with Crippen molar-refractivity contribution in [2.75, 3.05) is 36.4 Å². The van der Waals surface area contributed by atoms with Crippen LogP contribution in [0.2, 0.25) is 0 Å². The second kappa shape index (κ2) is 8.29. The maximum atomic E-state index is 12.8. The lowest BCUT2D eigenvalue weighted by atomic mass is 9.97. The van der Waals surface area contributed by atoms with Gasteiger partial charge in [-0.15, -0.1) is 0 Å². The largest absolute Gasteiger partial charge is 0.393 e. The van der Waals surface area contributed by atoms with Crippen LogP contribution in [0.1, 0.15) is 32.1 Å². The molecule has 0 unspecified atom stereocenters. The van der Waals surface area contributed by atoms with Crippen molar-refractivity contribution in [2.24, 2.45) is 5.92 Å². The molecule has 0 aliphatic carbocycles. The number of nitrogens with zero attached hydrogens (tertiary/aromatic N) is 2. The summed E-state index contributed by atoms with van der Waals surface area (Å²) in [6, 6.07) is 7.05. The van der Waals surface area contributed by atoms with Crippen LogP contribution in [-0.4, -0.2) is 49.1 Å². The van der Waals surface area contributed by atoms with Crippen LogP contribution in [0.15, 0.2) is 24.3 Å². The summed E-state index contributed by atoms with van der Waals surface area (Å²) in [4.78, 5) is 27.3. The van der Waals surface area contributed by atoms with Gasteiger partial charge in [0.15, 0.2) is 0 Å². The third-order valence-corrected chi connectivity index (χ3v) is 5.16. The van der Waals surface area contributed by atoms with E-state index in [9.17, 15) is 22.8 Å². The summed E-state index contributed by atoms with van der Waals surface area (Å²) in [5.74, 6) is -1.42. The van der Waals surface area contributed by atoms with Crippen molar-refractivity contribution in [1.29, 1.82) is 0 Å². The molecule has 8 heteroatoms. The van der Waals surface area contributed by atoms with Gasteiger partial charge < -0.3 is 15.1 Å². The minimum absolute atomic E-state index is 0.0324. The summed E-state index contributed by atoms with van der Waals surface area (Å²) in [7, 11) is 0. The van der Waals surface area contributed by atoms with Crippen molar-refractivity contribution in [3.8, 4) is 0 Å². The second-order valence-electron chi connectivity index (χ2n) is 7.18. The molecule has 0 spiro atoms. The molecule has 0 aromatic heterocycles. The van der Waals surface area contributed by atoms with Gasteiger partial charge in [-0.3, -0.25) is 9.59 Å². The molecule has 2 heterocycles. The highest BCUT2D eigenvalue weighted by Gasteiger charge is 2.41. The minimum Gasteiger partial charge on any atom is -0.326 e. The number of hydrogen-bond donors (Lipinski definition) is 1. The zero-order chi connectivity index (χ0) is 19.4. The van der Waals surface area contributed by atoms with E-state index in [1.165, 1.54) is 0 Å². The molecule has 1 aromatic rings. The molecule has 0 saturated carbocycles. The Kier molecular flexibility index (Phi) is 6.04. The van der Waals surface area contributed by atoms with Gasteiger partial charge in [0.1, 0.15) is 0 Å². The Morgan fingerprint density at radius 2 is 1.89 bits per heavy atom. The maximum Gasteiger partial charge on any atom is 0.393 e. The molecule has 0 radical (unpaired) electrons. The number of likely N-dealkylation sites (tertiary alicyclic amines) is 1. The van der Waals surface area contributed by atoms with E-state index in [-0.39, 0.29) is 31.2 Å². The van der Waals surface area contributed by atoms with Crippen LogP contribution in [0.3, 0.4) is 0 Å². The molecule has 27 heavy (non-hydrogen) atoms. The highest BCUT2D eigenvalue weighted by Crippen LogP contribution is 2.33. The Bertz CT molecular complexity index is 676. The SMILES string of the molecule is O=C(CCN1CCC[C@@H](C(F)(F)F)C1)Nc1ccc(N2CCCC2=O)cc1. The number of piperidine rings is 1. The van der Waals surface area contributed by atoms with E-state index in [2.05, 4.69) is 5.32 Å². The van der Waals surface area contributed by atoms with Crippen molar-refractivity contribution >= 4 is 23.2 Å². The number of amides is 2. The van der Waals surface area contributed by atoms with E-state index in [1.54, 1.807) is 34.1 Å². The molecule has 1 atom stereocenters. The summed E-state index contributed by atoms with van der Waals surface area (Å²) >= 11 is 0. The first-order valence-electron chi connectivity index (χ1n) is 9.32. The molecule has 2 fully saturated rings. The van der Waals surface area contributed by atoms with Crippen LogP contribution in [0.5, 0.6) is 0 Å². The molecular weight excluding hydrogens is 359 g/mol. The zero-order valence-corrected chi connectivity index (χ0v) is 15.1. The summed E-state index contributed by atoms with van der Waals surface area (Å²) in [5, 5.41) is 2.76. The number of benzene rings is 1. The first-order valence-corrected chi connectivity index (χ1v) is 9.32. The van der Waals surface area contributed by atoms with Gasteiger partial charge in [0.25, 0.3) is 0 Å². The van der Waals surface area contributed by atoms with E-state index >= 15 is 0 Å². The van der Waals surface area contributed by atoms with Crippen LogP contribution in [0, 0.1) is 5.92 Å². The molecule has 2 aliphatic rings. The molecule has 5 nitrogen and oxygen atoms in total. The normalized spacial score (nSPS) is 21.5. The lowest BCUT2D eigenvalue weighted by Crippen LogP contribution is -2.42. The number of halogens is 3. The minimum atomic E-state index is -4.17. The second-order valence-corrected chi connectivity index (χ2v) is 7.18. The third kappa shape index (κ3) is 5.22. The van der Waals surface area contributed by atoms with Gasteiger partial charge in [0.2, 0.25) is 11.8 Å². The van der Waals surface area contributed by atoms with Gasteiger partial charge in [-0.1, -0.05) is 0 Å². The first-order chi connectivity index (χ1) is 12.8. The van der Waals surface area contributed by atoms with Crippen LogP contribution in [0.4, 0.5) is 24.5 Å². The summed E-state index contributed by atoms with van der Waals surface area (Å²) in [6.45, 7) is 1.59. The summed E-state index contributed by atoms with van der Waals surface area (Å²) in [5.41, 5.74) is 1.42. The topological polar surface area (TPSA) is 52.7 Å². The number of anilines is 2. The third-order valence-electron chi connectivity index (χ3n) is 5.16. The smallest absolute Gasteiger partial charge is 0.326 e. The van der Waals surface area contributed by atoms with E-state index in [0.717, 1.165) is 12.1 Å². The molecule has 2 saturated heterocycles. The molecule has 3 rings (SSSR count). The molecule has 0 bridgehead atoms. The predicted octanol–water partition coefficient (Wildman–Crippen LogP) is 3.42. The summed E-state index contributed by atoms with van der Waals surface area (Å²) in [6.07, 6.45) is -1.94. The number of hydrogen-bond acceptors (Lipinski definition) is 3. The van der Waals surface area contributed by atoms with Crippen LogP contribution < -0.4 is 10.2 Å². The molecule has 2 amide bonds. The van der Waals surface area contributed by atoms with E-state index in [4.69, 9.17) is 0 Å². The maximum absolute atomic E-state index is 12.8. The Morgan fingerprint density at radius 1 is 1.15 bits per heavy atom. The lowest BCUT2D eigenvalue weighted by Gasteiger charge is -2.33. The van der Waals surface area contributed by atoms with Gasteiger partial charge in [-0.25, -0.2) is 0 Å². The van der Waals surface area contributed by atoms with Crippen molar-refractivity contribution < 1.29 is 22.8 Å². The highest BCUT2D eigenvalue weighted by molar-refractivity contribution is 5.96. The fourth-order valence-electron chi connectivity index (χ4n) is 3.65. The van der Waals surface area contributed by atoms with Crippen molar-refractivity contribution in [3.63, 3.8) is 0 Å². The van der Waals surface area contributed by atoms with Gasteiger partial charge in [0.05, 0.1) is 5.92 Å². The average Bonchev–Trinajstić information content (AvgIpc) is 3.06. The Morgan fingerprint density at radius 3 is 2.52 bits per heavy atom. The Hall–Kier alpha value is -2.09. The van der Waals surface area contributed by atoms with Crippen LogP contribution in [0.25, 0.3) is 0 Å². The molecule has 2 aliphatic heterocycles. The highest BCUT2D eigenvalue weighted by atomic mass is 19.4. The van der Waals surface area contributed by atoms with Crippen molar-refractivity contribution in [2.45, 2.75) is 38.3 Å². The Labute approximate surface area is 156 Å². The zero-order valence-electron chi connectivity index (χ0n) is 15.1. The molecular formula is C19H24F3N3O2. The molecule has 1 N–H and O–H groups in total. The monoisotopic (exact) mass is 383 g/mol. The van der Waals surface area contributed by atoms with Crippen LogP contribution in [-0.2, 0) is 9.59 Å². The molecule has 1 aromatic carbocycles. The fraction of sp³-hybridized carbons (Fsp3) is 0.579. The number of carbonyl (C=O) groups excluding carboxylic acids is 2. The number of nitrogens with one attached hydrogen (secondary N) is 1. The standard InChI is InChI=1S/C19H24F3N3O2/c20-19(21,22)14-3-1-10-24(13-14)12-9-17(26)23-15-5-7-16(8-6-15)25-11-2-4-18(25)27/h5-8,14H,1-4,9-13H2,(H,23,26)/t14-/m1/s1. The molecule has 148 valence electrons. The van der Waals surface area contributed by atoms with Crippen LogP contribution >= 0.6 is 0 Å². The Balaban J connectivity index is 1.46. The van der Waals surface area contributed by atoms with E-state index in [1.807, 2.05) is 0 Å². The van der Waals surface area contributed by atoms with Gasteiger partial charge in [0, 0.05) is 43.9 Å². The summed E-state index contributed by atoms with van der Waals surface area (Å²) < 4.78 is 38.5. The van der Waals surface area contributed by atoms with E-state index in [0.29, 0.717) is 38.2 Å². The number of rotatable bonds is 5. The van der Waals surface area contributed by atoms with Gasteiger partial charge in [-0.05, 0) is 50.1 Å². The first kappa shape index (κ1) is 19.7. The number of alkyl halides is 3. The van der Waals surface area contributed by atoms with E-state index < -0.39 is 12.1 Å². The van der Waals surface area contributed by atoms with Crippen molar-refractivity contribution in [3.05, 3.63) is 24.3 Å². The number of carbonyl (C=O) groups is 2.